The van der Waals surface area contributed by atoms with Gasteiger partial charge in [-0.2, -0.15) is 0 Å². The fourth-order valence-electron chi connectivity index (χ4n) is 2.16. The molecule has 0 radical (unpaired) electrons. The number of hydrogen-bond acceptors (Lipinski definition) is 2. The van der Waals surface area contributed by atoms with Crippen LogP contribution in [0.25, 0.3) is 0 Å². The van der Waals surface area contributed by atoms with E-state index >= 15 is 0 Å². The quantitative estimate of drug-likeness (QED) is 0.864. The van der Waals surface area contributed by atoms with Gasteiger partial charge in [-0.15, -0.1) is 0 Å². The van der Waals surface area contributed by atoms with Crippen molar-refractivity contribution in [2.75, 3.05) is 0 Å². The minimum absolute atomic E-state index is 0.326. The SMILES string of the molecule is O=C(O)C(c1ccccc1)C(O)Cc1ccccc1. The molecule has 0 saturated heterocycles. The number of carboxylic acids is 1. The van der Waals surface area contributed by atoms with Crippen molar-refractivity contribution >= 4 is 5.97 Å². The van der Waals surface area contributed by atoms with Gasteiger partial charge in [-0.05, 0) is 17.5 Å². The van der Waals surface area contributed by atoms with Crippen LogP contribution >= 0.6 is 0 Å². The molecule has 2 unspecified atom stereocenters. The fraction of sp³-hybridized carbons (Fsp3) is 0.188. The Bertz CT molecular complexity index is 522. The molecule has 2 rings (SSSR count). The molecule has 0 amide bonds. The molecule has 0 fully saturated rings. The topological polar surface area (TPSA) is 57.5 Å². The van der Waals surface area contributed by atoms with E-state index in [1.165, 1.54) is 0 Å². The molecule has 0 aromatic heterocycles. The maximum Gasteiger partial charge on any atom is 0.313 e. The highest BCUT2D eigenvalue weighted by atomic mass is 16.4. The number of benzene rings is 2. The molecule has 0 saturated carbocycles. The fourth-order valence-corrected chi connectivity index (χ4v) is 2.16. The Morgan fingerprint density at radius 2 is 1.47 bits per heavy atom. The van der Waals surface area contributed by atoms with Crippen LogP contribution in [0.15, 0.2) is 60.7 Å². The number of hydrogen-bond donors (Lipinski definition) is 2. The van der Waals surface area contributed by atoms with Gasteiger partial charge in [-0.25, -0.2) is 0 Å². The van der Waals surface area contributed by atoms with Gasteiger partial charge in [0.05, 0.1) is 6.10 Å². The number of aliphatic carboxylic acids is 1. The summed E-state index contributed by atoms with van der Waals surface area (Å²) < 4.78 is 0. The van der Waals surface area contributed by atoms with Crippen LogP contribution in [0, 0.1) is 0 Å². The highest BCUT2D eigenvalue weighted by Gasteiger charge is 2.28. The van der Waals surface area contributed by atoms with Gasteiger partial charge in [0.1, 0.15) is 5.92 Å². The van der Waals surface area contributed by atoms with E-state index in [4.69, 9.17) is 0 Å². The largest absolute Gasteiger partial charge is 0.481 e. The molecule has 0 aliphatic heterocycles. The Morgan fingerprint density at radius 1 is 0.947 bits per heavy atom. The van der Waals surface area contributed by atoms with E-state index in [0.29, 0.717) is 12.0 Å². The van der Waals surface area contributed by atoms with Gasteiger partial charge in [-0.1, -0.05) is 60.7 Å². The van der Waals surface area contributed by atoms with Gasteiger partial charge in [0, 0.05) is 0 Å². The van der Waals surface area contributed by atoms with E-state index in [-0.39, 0.29) is 0 Å². The molecule has 3 heteroatoms. The Labute approximate surface area is 112 Å². The second kappa shape index (κ2) is 6.16. The van der Waals surface area contributed by atoms with Crippen molar-refractivity contribution in [3.63, 3.8) is 0 Å². The summed E-state index contributed by atoms with van der Waals surface area (Å²) in [5, 5.41) is 19.5. The number of aliphatic hydroxyl groups excluding tert-OH is 1. The predicted molar refractivity (Wildman–Crippen MR) is 73.0 cm³/mol. The third kappa shape index (κ3) is 3.42. The minimum Gasteiger partial charge on any atom is -0.481 e. The first-order valence-electron chi connectivity index (χ1n) is 6.18. The highest BCUT2D eigenvalue weighted by Crippen LogP contribution is 2.22. The lowest BCUT2D eigenvalue weighted by Gasteiger charge is -2.19. The molecule has 0 heterocycles. The lowest BCUT2D eigenvalue weighted by atomic mass is 9.90. The van der Waals surface area contributed by atoms with Gasteiger partial charge in [0.15, 0.2) is 0 Å². The molecule has 2 aromatic rings. The van der Waals surface area contributed by atoms with Crippen molar-refractivity contribution in [3.05, 3.63) is 71.8 Å². The Balaban J connectivity index is 2.18. The monoisotopic (exact) mass is 256 g/mol. The van der Waals surface area contributed by atoms with Gasteiger partial charge in [0.2, 0.25) is 0 Å². The minimum atomic E-state index is -1.00. The average Bonchev–Trinajstić information content (AvgIpc) is 2.40. The Morgan fingerprint density at radius 3 is 2.00 bits per heavy atom. The second-order valence-corrected chi connectivity index (χ2v) is 4.48. The summed E-state index contributed by atoms with van der Waals surface area (Å²) in [5.74, 6) is -1.91. The van der Waals surface area contributed by atoms with Crippen LogP contribution in [0.5, 0.6) is 0 Å². The molecule has 0 bridgehead atoms. The third-order valence-electron chi connectivity index (χ3n) is 3.10. The summed E-state index contributed by atoms with van der Waals surface area (Å²) in [7, 11) is 0. The van der Waals surface area contributed by atoms with Crippen LogP contribution in [0.2, 0.25) is 0 Å². The van der Waals surface area contributed by atoms with Crippen LogP contribution < -0.4 is 0 Å². The van der Waals surface area contributed by atoms with Crippen LogP contribution in [-0.2, 0) is 11.2 Å². The number of aliphatic hydroxyl groups is 1. The first-order chi connectivity index (χ1) is 9.18. The number of carboxylic acid groups (broad SMARTS) is 1. The molecule has 0 aliphatic rings. The van der Waals surface area contributed by atoms with E-state index in [1.54, 1.807) is 24.3 Å². The van der Waals surface area contributed by atoms with Crippen LogP contribution in [0.1, 0.15) is 17.0 Å². The van der Waals surface area contributed by atoms with Gasteiger partial charge in [-0.3, -0.25) is 4.79 Å². The Kier molecular flexibility index (Phi) is 4.31. The van der Waals surface area contributed by atoms with Gasteiger partial charge < -0.3 is 10.2 Å². The first kappa shape index (κ1) is 13.3. The van der Waals surface area contributed by atoms with Gasteiger partial charge in [0.25, 0.3) is 0 Å². The van der Waals surface area contributed by atoms with Crippen molar-refractivity contribution in [1.29, 1.82) is 0 Å². The van der Waals surface area contributed by atoms with E-state index < -0.39 is 18.0 Å². The number of carbonyl (C=O) groups is 1. The summed E-state index contributed by atoms with van der Waals surface area (Å²) in [5.41, 5.74) is 1.55. The zero-order chi connectivity index (χ0) is 13.7. The zero-order valence-electron chi connectivity index (χ0n) is 10.4. The molecular formula is C16H16O3. The molecule has 0 aliphatic carbocycles. The molecule has 0 spiro atoms. The van der Waals surface area contributed by atoms with Crippen LogP contribution in [0.4, 0.5) is 0 Å². The lowest BCUT2D eigenvalue weighted by Crippen LogP contribution is -2.27. The molecule has 2 aromatic carbocycles. The summed E-state index contributed by atoms with van der Waals surface area (Å²) >= 11 is 0. The Hall–Kier alpha value is -2.13. The third-order valence-corrected chi connectivity index (χ3v) is 3.10. The zero-order valence-corrected chi connectivity index (χ0v) is 10.4. The van der Waals surface area contributed by atoms with Crippen molar-refractivity contribution in [2.24, 2.45) is 0 Å². The molecule has 19 heavy (non-hydrogen) atoms. The maximum absolute atomic E-state index is 11.4. The van der Waals surface area contributed by atoms with Crippen molar-refractivity contribution in [3.8, 4) is 0 Å². The van der Waals surface area contributed by atoms with E-state index in [1.807, 2.05) is 36.4 Å². The highest BCUT2D eigenvalue weighted by molar-refractivity contribution is 5.76. The molecular weight excluding hydrogens is 240 g/mol. The van der Waals surface area contributed by atoms with Crippen LogP contribution in [0.3, 0.4) is 0 Å². The summed E-state index contributed by atoms with van der Waals surface area (Å²) in [4.78, 5) is 11.4. The van der Waals surface area contributed by atoms with Crippen molar-refractivity contribution in [2.45, 2.75) is 18.4 Å². The molecule has 2 atom stereocenters. The lowest BCUT2D eigenvalue weighted by molar-refractivity contribution is -0.141. The van der Waals surface area contributed by atoms with Crippen LogP contribution in [-0.4, -0.2) is 22.3 Å². The summed E-state index contributed by atoms with van der Waals surface area (Å²) in [6.45, 7) is 0. The average molecular weight is 256 g/mol. The van der Waals surface area contributed by atoms with Crippen molar-refractivity contribution in [1.82, 2.24) is 0 Å². The van der Waals surface area contributed by atoms with E-state index in [0.717, 1.165) is 5.56 Å². The van der Waals surface area contributed by atoms with Crippen molar-refractivity contribution < 1.29 is 15.0 Å². The molecule has 2 N–H and O–H groups in total. The standard InChI is InChI=1S/C16H16O3/c17-14(11-12-7-3-1-4-8-12)15(16(18)19)13-9-5-2-6-10-13/h1-10,14-15,17H,11H2,(H,18,19). The van der Waals surface area contributed by atoms with E-state index in [2.05, 4.69) is 0 Å². The molecule has 98 valence electrons. The normalized spacial score (nSPS) is 13.7. The summed E-state index contributed by atoms with van der Waals surface area (Å²) in [6, 6.07) is 18.2. The predicted octanol–water partition coefficient (Wildman–Crippen LogP) is 2.46. The first-order valence-corrected chi connectivity index (χ1v) is 6.18. The second-order valence-electron chi connectivity index (χ2n) is 4.48. The maximum atomic E-state index is 11.4. The molecule has 3 nitrogen and oxygen atoms in total. The van der Waals surface area contributed by atoms with Gasteiger partial charge >= 0.3 is 5.97 Å². The summed E-state index contributed by atoms with van der Waals surface area (Å²) in [6.07, 6.45) is -0.616. The smallest absolute Gasteiger partial charge is 0.313 e. The number of rotatable bonds is 5. The van der Waals surface area contributed by atoms with E-state index in [9.17, 15) is 15.0 Å².